The zero-order chi connectivity index (χ0) is 36.5. The fourth-order valence-corrected chi connectivity index (χ4v) is 6.91. The van der Waals surface area contributed by atoms with Crippen molar-refractivity contribution in [2.75, 3.05) is 26.2 Å². The fourth-order valence-electron chi connectivity index (χ4n) is 5.69. The van der Waals surface area contributed by atoms with Crippen LogP contribution in [0, 0.1) is 12.8 Å². The van der Waals surface area contributed by atoms with E-state index in [4.69, 9.17) is 25.9 Å². The summed E-state index contributed by atoms with van der Waals surface area (Å²) in [6.07, 6.45) is 1.01. The first-order chi connectivity index (χ1) is 24.5. The van der Waals surface area contributed by atoms with Crippen LogP contribution in [0.3, 0.4) is 0 Å². The van der Waals surface area contributed by atoms with Gasteiger partial charge < -0.3 is 30.2 Å². The minimum atomic E-state index is -1.11. The minimum absolute atomic E-state index is 0.0601. The molecule has 0 spiro atoms. The zero-order valence-corrected chi connectivity index (χ0v) is 30.2. The highest BCUT2D eigenvalue weighted by atomic mass is 35.5. The molecular formula is C36H41ClN6O7S. The van der Waals surface area contributed by atoms with Crippen LogP contribution < -0.4 is 20.7 Å². The molecule has 1 aliphatic rings. The van der Waals surface area contributed by atoms with E-state index >= 15 is 0 Å². The molecular weight excluding hydrogens is 696 g/mol. The predicted molar refractivity (Wildman–Crippen MR) is 191 cm³/mol. The Hall–Kier alpha value is -4.79. The summed E-state index contributed by atoms with van der Waals surface area (Å²) in [5, 5.41) is 20.9. The number of rotatable bonds is 8. The number of amides is 3. The number of carbonyl (C=O) groups excluding carboxylic acids is 3. The van der Waals surface area contributed by atoms with E-state index in [0.717, 1.165) is 5.56 Å². The smallest absolute Gasteiger partial charge is 0.341 e. The molecule has 270 valence electrons. The summed E-state index contributed by atoms with van der Waals surface area (Å²) in [6.45, 7) is 6.47. The van der Waals surface area contributed by atoms with Crippen molar-refractivity contribution in [1.29, 1.82) is 0 Å². The van der Waals surface area contributed by atoms with Crippen LogP contribution in [-0.2, 0) is 22.6 Å². The van der Waals surface area contributed by atoms with E-state index in [-0.39, 0.29) is 48.0 Å². The topological polar surface area (TPSA) is 176 Å². The summed E-state index contributed by atoms with van der Waals surface area (Å²) in [5.41, 5.74) is 1.96. The monoisotopic (exact) mass is 736 g/mol. The average Bonchev–Trinajstić information content (AvgIpc) is 3.73. The van der Waals surface area contributed by atoms with Gasteiger partial charge in [0, 0.05) is 48.4 Å². The van der Waals surface area contributed by atoms with Gasteiger partial charge in [-0.3, -0.25) is 19.3 Å². The third-order valence-electron chi connectivity index (χ3n) is 8.28. The van der Waals surface area contributed by atoms with Crippen LogP contribution in [0.1, 0.15) is 87.5 Å². The van der Waals surface area contributed by atoms with Crippen molar-refractivity contribution in [1.82, 2.24) is 30.8 Å². The molecule has 0 unspecified atom stereocenters. The zero-order valence-electron chi connectivity index (χ0n) is 28.6. The maximum absolute atomic E-state index is 13.6. The second kappa shape index (κ2) is 17.4. The second-order valence-electron chi connectivity index (χ2n) is 12.6. The van der Waals surface area contributed by atoms with Crippen LogP contribution in [0.15, 0.2) is 58.3 Å². The number of carbonyl (C=O) groups is 4. The molecule has 4 bridgehead atoms. The molecule has 0 saturated carbocycles. The first-order valence-electron chi connectivity index (χ1n) is 16.7. The Morgan fingerprint density at radius 2 is 1.88 bits per heavy atom. The van der Waals surface area contributed by atoms with Crippen LogP contribution in [0.5, 0.6) is 5.75 Å². The molecule has 51 heavy (non-hydrogen) atoms. The maximum Gasteiger partial charge on any atom is 0.341 e. The average molecular weight is 737 g/mol. The van der Waals surface area contributed by atoms with Gasteiger partial charge in [0.1, 0.15) is 28.3 Å². The molecule has 0 saturated heterocycles. The molecule has 4 aromatic rings. The number of oxazole rings is 1. The Bertz CT molecular complexity index is 1850. The largest absolute Gasteiger partial charge is 0.482 e. The highest BCUT2D eigenvalue weighted by molar-refractivity contribution is 7.09. The van der Waals surface area contributed by atoms with Crippen molar-refractivity contribution in [3.8, 4) is 5.75 Å². The number of halogens is 1. The van der Waals surface area contributed by atoms with Gasteiger partial charge in [-0.1, -0.05) is 55.8 Å². The van der Waals surface area contributed by atoms with Crippen LogP contribution in [0.4, 0.5) is 0 Å². The molecule has 0 radical (unpaired) electrons. The van der Waals surface area contributed by atoms with Gasteiger partial charge in [-0.25, -0.2) is 14.8 Å². The van der Waals surface area contributed by atoms with Crippen LogP contribution in [-0.4, -0.2) is 69.9 Å². The molecule has 3 amide bonds. The third-order valence-corrected chi connectivity index (χ3v) is 9.44. The second-order valence-corrected chi connectivity index (χ2v) is 13.9. The summed E-state index contributed by atoms with van der Waals surface area (Å²) in [5.74, 6) is -1.31. The first-order valence-corrected chi connectivity index (χ1v) is 17.9. The van der Waals surface area contributed by atoms with E-state index < -0.39 is 30.6 Å². The number of benzene rings is 2. The number of ether oxygens (including phenoxy) is 1. The van der Waals surface area contributed by atoms with Crippen molar-refractivity contribution in [2.45, 2.75) is 58.7 Å². The lowest BCUT2D eigenvalue weighted by atomic mass is 10.0. The number of nitrogens with zero attached hydrogens (tertiary/aromatic N) is 3. The van der Waals surface area contributed by atoms with Crippen molar-refractivity contribution in [3.05, 3.63) is 98.1 Å². The van der Waals surface area contributed by atoms with E-state index in [1.165, 1.54) is 11.3 Å². The lowest BCUT2D eigenvalue weighted by Gasteiger charge is -2.24. The molecule has 2 aromatic heterocycles. The van der Waals surface area contributed by atoms with Gasteiger partial charge in [-0.2, -0.15) is 0 Å². The van der Waals surface area contributed by atoms with Crippen molar-refractivity contribution in [3.63, 3.8) is 0 Å². The van der Waals surface area contributed by atoms with Gasteiger partial charge >= 0.3 is 5.97 Å². The molecule has 1 aliphatic heterocycles. The SMILES string of the molecule is Cc1oc2nc1C(=O)N[C@@H](C(C)C)c1nc(cs1)C(=O)NCCN(Cc1cc(Cl)ccc1OCC(=O)O)CCCC(=O)N[C@H]2Cc1ccccc1. The quantitative estimate of drug-likeness (QED) is 0.190. The number of hydrogen-bond donors (Lipinski definition) is 4. The van der Waals surface area contributed by atoms with Crippen molar-refractivity contribution in [2.24, 2.45) is 5.92 Å². The summed E-state index contributed by atoms with van der Waals surface area (Å²) < 4.78 is 11.5. The highest BCUT2D eigenvalue weighted by Crippen LogP contribution is 2.28. The summed E-state index contributed by atoms with van der Waals surface area (Å²) >= 11 is 7.59. The van der Waals surface area contributed by atoms with Gasteiger partial charge in [0.15, 0.2) is 12.3 Å². The lowest BCUT2D eigenvalue weighted by molar-refractivity contribution is -0.139. The Kier molecular flexibility index (Phi) is 12.8. The van der Waals surface area contributed by atoms with E-state index in [0.29, 0.717) is 59.6 Å². The van der Waals surface area contributed by atoms with Crippen LogP contribution in [0.25, 0.3) is 0 Å². The van der Waals surface area contributed by atoms with Gasteiger partial charge in [-0.05, 0) is 49.6 Å². The number of carboxylic acid groups (broad SMARTS) is 1. The van der Waals surface area contributed by atoms with E-state index in [2.05, 4.69) is 25.9 Å². The van der Waals surface area contributed by atoms with Crippen LogP contribution >= 0.6 is 22.9 Å². The number of hydrogen-bond acceptors (Lipinski definition) is 10. The van der Waals surface area contributed by atoms with E-state index in [1.807, 2.05) is 49.1 Å². The van der Waals surface area contributed by atoms with Gasteiger partial charge in [0.2, 0.25) is 11.8 Å². The number of nitrogens with one attached hydrogen (secondary N) is 3. The Balaban J connectivity index is 1.44. The van der Waals surface area contributed by atoms with E-state index in [1.54, 1.807) is 30.5 Å². The number of aromatic nitrogens is 2. The molecule has 4 N–H and O–H groups in total. The minimum Gasteiger partial charge on any atom is -0.482 e. The molecule has 2 aromatic carbocycles. The molecule has 0 fully saturated rings. The van der Waals surface area contributed by atoms with E-state index in [9.17, 15) is 19.2 Å². The number of carboxylic acids is 1. The Morgan fingerprint density at radius 1 is 1.10 bits per heavy atom. The first kappa shape index (κ1) is 37.5. The third kappa shape index (κ3) is 10.4. The number of fused-ring (bicyclic) bond motifs is 4. The molecule has 2 atom stereocenters. The van der Waals surface area contributed by atoms with Gasteiger partial charge in [-0.15, -0.1) is 11.3 Å². The molecule has 3 heterocycles. The van der Waals surface area contributed by atoms with Gasteiger partial charge in [0.25, 0.3) is 11.8 Å². The standard InChI is InChI=1S/C36H41ClN6O7S/c1-21(2)31-36-40-27(20-51-36)33(47)38-13-15-43(18-24-17-25(37)11-12-28(24)49-19-30(45)46)14-7-10-29(44)39-26(16-23-8-5-4-6-9-23)35-42-32(22(3)50-35)34(48)41-31/h4-6,8-9,11-12,17,20-21,26,31H,7,10,13-16,18-19H2,1-3H3,(H,38,47)(H,39,44)(H,41,48)(H,45,46)/t26-,31-/m0/s1. The summed E-state index contributed by atoms with van der Waals surface area (Å²) in [6, 6.07) is 13.4. The summed E-state index contributed by atoms with van der Waals surface area (Å²) in [4.78, 5) is 62.5. The summed E-state index contributed by atoms with van der Waals surface area (Å²) in [7, 11) is 0. The Morgan fingerprint density at radius 3 is 2.63 bits per heavy atom. The fraction of sp³-hybridized carbons (Fsp3) is 0.389. The van der Waals surface area contributed by atoms with Gasteiger partial charge in [0.05, 0.1) is 6.04 Å². The number of thiazole rings is 1. The normalized spacial score (nSPS) is 18.1. The number of aliphatic carboxylic acids is 1. The molecule has 0 aliphatic carbocycles. The highest BCUT2D eigenvalue weighted by Gasteiger charge is 2.29. The van der Waals surface area contributed by atoms with Crippen molar-refractivity contribution < 1.29 is 33.4 Å². The Labute approximate surface area is 304 Å². The van der Waals surface area contributed by atoms with Crippen molar-refractivity contribution >= 4 is 46.6 Å². The molecule has 13 nitrogen and oxygen atoms in total. The van der Waals surface area contributed by atoms with Crippen LogP contribution in [0.2, 0.25) is 5.02 Å². The lowest BCUT2D eigenvalue weighted by Crippen LogP contribution is -2.36. The molecule has 5 rings (SSSR count). The maximum atomic E-state index is 13.6. The number of aryl methyl sites for hydroxylation is 1. The predicted octanol–water partition coefficient (Wildman–Crippen LogP) is 5.11. The molecule has 15 heteroatoms.